The van der Waals surface area contributed by atoms with Crippen LogP contribution in [0.25, 0.3) is 11.3 Å². The minimum atomic E-state index is -0.0211. The van der Waals surface area contributed by atoms with Gasteiger partial charge in [0, 0.05) is 38.3 Å². The Hall–Kier alpha value is -2.54. The summed E-state index contributed by atoms with van der Waals surface area (Å²) in [6.07, 6.45) is 2.68. The van der Waals surface area contributed by atoms with Gasteiger partial charge in [0.1, 0.15) is 5.69 Å². The van der Waals surface area contributed by atoms with Gasteiger partial charge in [-0.3, -0.25) is 9.48 Å². The van der Waals surface area contributed by atoms with Gasteiger partial charge in [-0.25, -0.2) is 0 Å². The van der Waals surface area contributed by atoms with E-state index in [1.54, 1.807) is 10.9 Å². The maximum absolute atomic E-state index is 13.2. The predicted molar refractivity (Wildman–Crippen MR) is 100 cm³/mol. The number of benzene rings is 1. The van der Waals surface area contributed by atoms with Crippen LogP contribution in [0.3, 0.4) is 0 Å². The molecule has 0 spiro atoms. The molecule has 0 aliphatic carbocycles. The third-order valence-corrected chi connectivity index (χ3v) is 4.79. The second-order valence-electron chi connectivity index (χ2n) is 7.24. The van der Waals surface area contributed by atoms with E-state index < -0.39 is 0 Å². The van der Waals surface area contributed by atoms with Crippen LogP contribution in [0.1, 0.15) is 30.6 Å². The number of carbonyl (C=O) groups excluding carboxylic acids is 1. The summed E-state index contributed by atoms with van der Waals surface area (Å²) in [7, 11) is 1.83. The van der Waals surface area contributed by atoms with Gasteiger partial charge in [-0.2, -0.15) is 5.10 Å². The molecule has 2 unspecified atom stereocenters. The fourth-order valence-corrected chi connectivity index (χ4v) is 3.68. The molecule has 1 fully saturated rings. The molecule has 3 heterocycles. The quantitative estimate of drug-likeness (QED) is 0.812. The fraction of sp³-hybridized carbons (Fsp3) is 0.500. The molecule has 7 heteroatoms. The van der Waals surface area contributed by atoms with E-state index >= 15 is 0 Å². The van der Waals surface area contributed by atoms with E-state index in [-0.39, 0.29) is 18.1 Å². The molecule has 0 saturated carbocycles. The largest absolute Gasteiger partial charge is 0.490 e. The van der Waals surface area contributed by atoms with Crippen molar-refractivity contribution in [3.05, 3.63) is 30.0 Å². The van der Waals surface area contributed by atoms with Crippen LogP contribution in [0.4, 0.5) is 0 Å². The Kier molecular flexibility index (Phi) is 4.78. The van der Waals surface area contributed by atoms with E-state index in [0.717, 1.165) is 17.7 Å². The highest BCUT2D eigenvalue weighted by atomic mass is 16.5. The summed E-state index contributed by atoms with van der Waals surface area (Å²) in [5.74, 6) is 1.41. The number of hydrogen-bond acceptors (Lipinski definition) is 5. The van der Waals surface area contributed by atoms with Gasteiger partial charge < -0.3 is 19.1 Å². The summed E-state index contributed by atoms with van der Waals surface area (Å²) in [6.45, 7) is 6.41. The summed E-state index contributed by atoms with van der Waals surface area (Å²) >= 11 is 0. The van der Waals surface area contributed by atoms with Crippen molar-refractivity contribution >= 4 is 5.91 Å². The predicted octanol–water partition coefficient (Wildman–Crippen LogP) is 2.50. The van der Waals surface area contributed by atoms with Crippen molar-refractivity contribution in [2.24, 2.45) is 7.05 Å². The standard InChI is InChI=1S/C20H25N3O4/c1-13-10-23(11-14(2)27-13)20(24)16-12-22(3)21-19(16)15-5-6-17-18(9-15)26-8-4-7-25-17/h5-6,9,12-14H,4,7-8,10-11H2,1-3H3. The molecule has 7 nitrogen and oxygen atoms in total. The average molecular weight is 371 g/mol. The van der Waals surface area contributed by atoms with Crippen LogP contribution < -0.4 is 9.47 Å². The van der Waals surface area contributed by atoms with E-state index in [2.05, 4.69) is 5.10 Å². The summed E-state index contributed by atoms with van der Waals surface area (Å²) in [5.41, 5.74) is 2.09. The maximum atomic E-state index is 13.2. The van der Waals surface area contributed by atoms with Crippen molar-refractivity contribution < 1.29 is 19.0 Å². The van der Waals surface area contributed by atoms with Crippen LogP contribution in [0.5, 0.6) is 11.5 Å². The number of amides is 1. The van der Waals surface area contributed by atoms with E-state index in [0.29, 0.717) is 43.3 Å². The van der Waals surface area contributed by atoms with Crippen molar-refractivity contribution in [3.8, 4) is 22.8 Å². The number of ether oxygens (including phenoxy) is 3. The molecule has 4 rings (SSSR count). The number of morpholine rings is 1. The van der Waals surface area contributed by atoms with E-state index in [9.17, 15) is 4.79 Å². The Morgan fingerprint density at radius 3 is 2.56 bits per heavy atom. The van der Waals surface area contributed by atoms with E-state index in [1.165, 1.54) is 0 Å². The summed E-state index contributed by atoms with van der Waals surface area (Å²) in [5, 5.41) is 4.55. The normalized spacial score (nSPS) is 22.4. The Balaban J connectivity index is 1.67. The molecule has 1 aromatic carbocycles. The van der Waals surface area contributed by atoms with Crippen molar-refractivity contribution in [2.75, 3.05) is 26.3 Å². The highest BCUT2D eigenvalue weighted by Crippen LogP contribution is 2.35. The van der Waals surface area contributed by atoms with Gasteiger partial charge in [0.05, 0.1) is 31.0 Å². The lowest BCUT2D eigenvalue weighted by atomic mass is 10.1. The molecule has 0 N–H and O–H groups in total. The van der Waals surface area contributed by atoms with Gasteiger partial charge in [0.2, 0.25) is 0 Å². The number of hydrogen-bond donors (Lipinski definition) is 0. The Labute approximate surface area is 158 Å². The van der Waals surface area contributed by atoms with Gasteiger partial charge in [0.15, 0.2) is 11.5 Å². The van der Waals surface area contributed by atoms with Gasteiger partial charge in [0.25, 0.3) is 5.91 Å². The number of rotatable bonds is 2. The fourth-order valence-electron chi connectivity index (χ4n) is 3.68. The zero-order valence-corrected chi connectivity index (χ0v) is 16.0. The zero-order chi connectivity index (χ0) is 19.0. The molecule has 144 valence electrons. The lowest BCUT2D eigenvalue weighted by Gasteiger charge is -2.35. The molecule has 1 amide bonds. The SMILES string of the molecule is CC1CN(C(=O)c2cn(C)nc2-c2ccc3c(c2)OCCCO3)CC(C)O1. The van der Waals surface area contributed by atoms with Gasteiger partial charge in [-0.15, -0.1) is 0 Å². The van der Waals surface area contributed by atoms with E-state index in [4.69, 9.17) is 14.2 Å². The third-order valence-electron chi connectivity index (χ3n) is 4.79. The lowest BCUT2D eigenvalue weighted by molar-refractivity contribution is -0.0586. The van der Waals surface area contributed by atoms with Crippen LogP contribution in [-0.2, 0) is 11.8 Å². The molecule has 1 saturated heterocycles. The molecule has 1 aromatic heterocycles. The molecule has 2 aromatic rings. The highest BCUT2D eigenvalue weighted by Gasteiger charge is 2.29. The highest BCUT2D eigenvalue weighted by molar-refractivity contribution is 6.00. The first-order valence-corrected chi connectivity index (χ1v) is 9.39. The van der Waals surface area contributed by atoms with Crippen LogP contribution in [0.2, 0.25) is 0 Å². The van der Waals surface area contributed by atoms with Gasteiger partial charge in [-0.05, 0) is 32.0 Å². The lowest BCUT2D eigenvalue weighted by Crippen LogP contribution is -2.48. The van der Waals surface area contributed by atoms with Crippen LogP contribution in [0, 0.1) is 0 Å². The minimum Gasteiger partial charge on any atom is -0.490 e. The van der Waals surface area contributed by atoms with Crippen molar-refractivity contribution in [1.82, 2.24) is 14.7 Å². The first-order valence-electron chi connectivity index (χ1n) is 9.39. The summed E-state index contributed by atoms with van der Waals surface area (Å²) < 4.78 is 18.9. The number of carbonyl (C=O) groups is 1. The number of fused-ring (bicyclic) bond motifs is 1. The van der Waals surface area contributed by atoms with Crippen molar-refractivity contribution in [2.45, 2.75) is 32.5 Å². The topological polar surface area (TPSA) is 65.8 Å². The third kappa shape index (κ3) is 3.64. The average Bonchev–Trinajstić information content (AvgIpc) is 2.87. The van der Waals surface area contributed by atoms with Crippen molar-refractivity contribution in [3.63, 3.8) is 0 Å². The molecule has 0 radical (unpaired) electrons. The van der Waals surface area contributed by atoms with Gasteiger partial charge >= 0.3 is 0 Å². The minimum absolute atomic E-state index is 0.0211. The zero-order valence-electron chi connectivity index (χ0n) is 16.0. The maximum Gasteiger partial charge on any atom is 0.257 e. The molecule has 2 aliphatic rings. The summed E-state index contributed by atoms with van der Waals surface area (Å²) in [6, 6.07) is 5.72. The van der Waals surface area contributed by atoms with Crippen molar-refractivity contribution in [1.29, 1.82) is 0 Å². The molecule has 2 atom stereocenters. The summed E-state index contributed by atoms with van der Waals surface area (Å²) in [4.78, 5) is 15.1. The van der Waals surface area contributed by atoms with Crippen LogP contribution in [-0.4, -0.2) is 59.1 Å². The molecular formula is C20H25N3O4. The number of aromatic nitrogens is 2. The second kappa shape index (κ2) is 7.23. The first-order chi connectivity index (χ1) is 13.0. The first kappa shape index (κ1) is 17.9. The smallest absolute Gasteiger partial charge is 0.257 e. The molecule has 0 bridgehead atoms. The Bertz CT molecular complexity index is 838. The second-order valence-corrected chi connectivity index (χ2v) is 7.24. The molecular weight excluding hydrogens is 346 g/mol. The number of nitrogens with zero attached hydrogens (tertiary/aromatic N) is 3. The Morgan fingerprint density at radius 2 is 1.81 bits per heavy atom. The monoisotopic (exact) mass is 371 g/mol. The van der Waals surface area contributed by atoms with Crippen LogP contribution >= 0.6 is 0 Å². The van der Waals surface area contributed by atoms with Gasteiger partial charge in [-0.1, -0.05) is 0 Å². The van der Waals surface area contributed by atoms with E-state index in [1.807, 2.05) is 44.0 Å². The Morgan fingerprint density at radius 1 is 1.11 bits per heavy atom. The molecule has 27 heavy (non-hydrogen) atoms. The number of aryl methyl sites for hydroxylation is 1. The molecule has 2 aliphatic heterocycles. The van der Waals surface area contributed by atoms with Crippen LogP contribution in [0.15, 0.2) is 24.4 Å².